The zero-order valence-electron chi connectivity index (χ0n) is 18.4. The van der Waals surface area contributed by atoms with Crippen molar-refractivity contribution in [1.82, 2.24) is 10.3 Å². The summed E-state index contributed by atoms with van der Waals surface area (Å²) in [6.07, 6.45) is 2.04. The summed E-state index contributed by atoms with van der Waals surface area (Å²) in [6, 6.07) is 6.76. The van der Waals surface area contributed by atoms with E-state index in [9.17, 15) is 14.4 Å². The number of aromatic nitrogens is 1. The quantitative estimate of drug-likeness (QED) is 0.714. The number of carbonyl (C=O) groups excluding carboxylic acids is 3. The zero-order valence-corrected chi connectivity index (χ0v) is 19.2. The number of hydrogen-bond donors (Lipinski definition) is 2. The molecule has 0 radical (unpaired) electrons. The standard InChI is InChI=1S/C23H27N3O5S/c1-23(2)12-15(8-9-31-23)24-21(29)14-10-17-19(18(27)11-14)32-22(25-17)26-20(28)13-4-6-16(30-3)7-5-13/h4-7,14-15H,8-12H2,1-3H3,(H,24,29)(H,25,26,28)/t14-,15-/m1/s1. The molecule has 2 heterocycles. The highest BCUT2D eigenvalue weighted by atomic mass is 32.1. The molecule has 0 saturated carbocycles. The summed E-state index contributed by atoms with van der Waals surface area (Å²) in [6.45, 7) is 4.63. The Hall–Kier alpha value is -2.78. The number of benzene rings is 1. The van der Waals surface area contributed by atoms with Crippen LogP contribution in [0.3, 0.4) is 0 Å². The predicted octanol–water partition coefficient (Wildman–Crippen LogP) is 3.22. The molecule has 0 unspecified atom stereocenters. The van der Waals surface area contributed by atoms with Crippen molar-refractivity contribution in [2.75, 3.05) is 19.0 Å². The average Bonchev–Trinajstić information content (AvgIpc) is 3.16. The highest BCUT2D eigenvalue weighted by molar-refractivity contribution is 7.17. The number of amides is 2. The fourth-order valence-corrected chi connectivity index (χ4v) is 5.09. The number of ether oxygens (including phenoxy) is 2. The van der Waals surface area contributed by atoms with Crippen LogP contribution in [0.5, 0.6) is 5.75 Å². The molecule has 1 aromatic carbocycles. The molecule has 0 spiro atoms. The second kappa shape index (κ2) is 8.99. The van der Waals surface area contributed by atoms with Gasteiger partial charge in [0.2, 0.25) is 5.91 Å². The third kappa shape index (κ3) is 4.99. The van der Waals surface area contributed by atoms with Crippen molar-refractivity contribution < 1.29 is 23.9 Å². The van der Waals surface area contributed by atoms with Crippen molar-refractivity contribution in [2.24, 2.45) is 5.92 Å². The summed E-state index contributed by atoms with van der Waals surface area (Å²) in [5, 5.41) is 6.20. The average molecular weight is 458 g/mol. The highest BCUT2D eigenvalue weighted by Gasteiger charge is 2.36. The van der Waals surface area contributed by atoms with E-state index in [1.54, 1.807) is 31.4 Å². The van der Waals surface area contributed by atoms with Gasteiger partial charge in [-0.3, -0.25) is 19.7 Å². The molecular weight excluding hydrogens is 430 g/mol. The Morgan fingerprint density at radius 1 is 1.22 bits per heavy atom. The molecule has 8 nitrogen and oxygen atoms in total. The molecule has 170 valence electrons. The summed E-state index contributed by atoms with van der Waals surface area (Å²) in [7, 11) is 1.56. The lowest BCUT2D eigenvalue weighted by molar-refractivity contribution is -0.128. The van der Waals surface area contributed by atoms with Crippen molar-refractivity contribution in [3.63, 3.8) is 0 Å². The molecule has 1 saturated heterocycles. The first-order valence-electron chi connectivity index (χ1n) is 10.7. The third-order valence-corrected chi connectivity index (χ3v) is 6.86. The molecule has 1 aromatic heterocycles. The number of rotatable bonds is 5. The molecule has 1 aliphatic heterocycles. The molecule has 2 atom stereocenters. The summed E-state index contributed by atoms with van der Waals surface area (Å²) >= 11 is 1.16. The van der Waals surface area contributed by atoms with Crippen molar-refractivity contribution in [3.8, 4) is 5.75 Å². The van der Waals surface area contributed by atoms with Crippen molar-refractivity contribution in [3.05, 3.63) is 40.4 Å². The molecule has 9 heteroatoms. The van der Waals surface area contributed by atoms with Gasteiger partial charge in [-0.15, -0.1) is 0 Å². The van der Waals surface area contributed by atoms with Crippen molar-refractivity contribution >= 4 is 34.1 Å². The number of thiazole rings is 1. The Morgan fingerprint density at radius 3 is 2.66 bits per heavy atom. The number of nitrogens with zero attached hydrogens (tertiary/aromatic N) is 1. The van der Waals surface area contributed by atoms with Crippen molar-refractivity contribution in [2.45, 2.75) is 51.2 Å². The normalized spacial score (nSPS) is 22.0. The minimum Gasteiger partial charge on any atom is -0.497 e. The van der Waals surface area contributed by atoms with Crippen LogP contribution >= 0.6 is 11.3 Å². The molecule has 2 aromatic rings. The van der Waals surface area contributed by atoms with E-state index in [2.05, 4.69) is 15.6 Å². The van der Waals surface area contributed by atoms with Gasteiger partial charge in [0.05, 0.1) is 29.2 Å². The van der Waals surface area contributed by atoms with E-state index in [0.717, 1.165) is 24.2 Å². The largest absolute Gasteiger partial charge is 0.497 e. The van der Waals surface area contributed by atoms with E-state index in [-0.39, 0.29) is 35.7 Å². The van der Waals surface area contributed by atoms with Crippen LogP contribution in [-0.4, -0.2) is 47.9 Å². The number of anilines is 1. The molecule has 1 aliphatic carbocycles. The molecule has 2 aliphatic rings. The second-order valence-corrected chi connectivity index (χ2v) is 9.81. The summed E-state index contributed by atoms with van der Waals surface area (Å²) in [5.41, 5.74) is 0.767. The maximum absolute atomic E-state index is 12.8. The number of methoxy groups -OCH3 is 1. The van der Waals surface area contributed by atoms with E-state index in [4.69, 9.17) is 9.47 Å². The van der Waals surface area contributed by atoms with Crippen LogP contribution < -0.4 is 15.4 Å². The Balaban J connectivity index is 1.40. The van der Waals surface area contributed by atoms with Crippen LogP contribution in [0.1, 0.15) is 58.8 Å². The number of ketones is 1. The van der Waals surface area contributed by atoms with Crippen LogP contribution in [0.2, 0.25) is 0 Å². The van der Waals surface area contributed by atoms with Crippen LogP contribution in [0.25, 0.3) is 0 Å². The lowest BCUT2D eigenvalue weighted by Gasteiger charge is -2.36. The van der Waals surface area contributed by atoms with E-state index in [1.165, 1.54) is 0 Å². The number of fused-ring (bicyclic) bond motifs is 1. The smallest absolute Gasteiger partial charge is 0.257 e. The van der Waals surface area contributed by atoms with Gasteiger partial charge >= 0.3 is 0 Å². The second-order valence-electron chi connectivity index (χ2n) is 8.81. The lowest BCUT2D eigenvalue weighted by atomic mass is 9.88. The summed E-state index contributed by atoms with van der Waals surface area (Å²) in [4.78, 5) is 43.0. The maximum Gasteiger partial charge on any atom is 0.257 e. The monoisotopic (exact) mass is 457 g/mol. The number of Topliss-reactive ketones (excluding diaryl/α,β-unsaturated/α-hetero) is 1. The molecule has 1 fully saturated rings. The van der Waals surface area contributed by atoms with E-state index >= 15 is 0 Å². The van der Waals surface area contributed by atoms with Crippen molar-refractivity contribution in [1.29, 1.82) is 0 Å². The van der Waals surface area contributed by atoms with Crippen LogP contribution in [0.4, 0.5) is 5.13 Å². The van der Waals surface area contributed by atoms with Crippen LogP contribution in [0, 0.1) is 5.92 Å². The molecular formula is C23H27N3O5S. The highest BCUT2D eigenvalue weighted by Crippen LogP contribution is 2.33. The minimum atomic E-state index is -0.451. The van der Waals surface area contributed by atoms with E-state index in [0.29, 0.717) is 40.0 Å². The van der Waals surface area contributed by atoms with E-state index < -0.39 is 5.92 Å². The van der Waals surface area contributed by atoms with Gasteiger partial charge in [0.25, 0.3) is 5.91 Å². The number of carbonyl (C=O) groups is 3. The fourth-order valence-electron chi connectivity index (χ4n) is 4.15. The van der Waals surface area contributed by atoms with Gasteiger partial charge in [0, 0.05) is 31.1 Å². The first-order valence-corrected chi connectivity index (χ1v) is 11.5. The van der Waals surface area contributed by atoms with Gasteiger partial charge in [0.15, 0.2) is 10.9 Å². The fraction of sp³-hybridized carbons (Fsp3) is 0.478. The Bertz CT molecular complexity index is 1030. The molecule has 2 amide bonds. The summed E-state index contributed by atoms with van der Waals surface area (Å²) in [5.74, 6) is -0.342. The summed E-state index contributed by atoms with van der Waals surface area (Å²) < 4.78 is 10.8. The topological polar surface area (TPSA) is 107 Å². The third-order valence-electron chi connectivity index (χ3n) is 5.81. The Kier molecular flexibility index (Phi) is 6.30. The van der Waals surface area contributed by atoms with Gasteiger partial charge in [-0.05, 0) is 51.0 Å². The number of nitrogens with one attached hydrogen (secondary N) is 2. The molecule has 2 N–H and O–H groups in total. The Labute approximate surface area is 190 Å². The SMILES string of the molecule is COc1ccc(C(=O)Nc2nc3c(s2)C(=O)C[C@H](C(=O)N[C@@H]2CCOC(C)(C)C2)C3)cc1. The first-order chi connectivity index (χ1) is 15.2. The maximum atomic E-state index is 12.8. The minimum absolute atomic E-state index is 0.0394. The molecule has 32 heavy (non-hydrogen) atoms. The van der Waals surface area contributed by atoms with Gasteiger partial charge in [-0.2, -0.15) is 0 Å². The van der Waals surface area contributed by atoms with Gasteiger partial charge in [-0.1, -0.05) is 11.3 Å². The van der Waals surface area contributed by atoms with Gasteiger partial charge in [-0.25, -0.2) is 4.98 Å². The van der Waals surface area contributed by atoms with Crippen LogP contribution in [0.15, 0.2) is 24.3 Å². The van der Waals surface area contributed by atoms with Gasteiger partial charge in [0.1, 0.15) is 5.75 Å². The predicted molar refractivity (Wildman–Crippen MR) is 120 cm³/mol. The number of hydrogen-bond acceptors (Lipinski definition) is 7. The first kappa shape index (κ1) is 22.4. The van der Waals surface area contributed by atoms with Gasteiger partial charge < -0.3 is 14.8 Å². The zero-order chi connectivity index (χ0) is 22.9. The lowest BCUT2D eigenvalue weighted by Crippen LogP contribution is -2.48. The van der Waals surface area contributed by atoms with E-state index in [1.807, 2.05) is 13.8 Å². The Morgan fingerprint density at radius 2 is 1.97 bits per heavy atom. The molecule has 4 rings (SSSR count). The molecule has 0 bridgehead atoms. The van der Waals surface area contributed by atoms with Crippen LogP contribution in [-0.2, 0) is 16.0 Å².